The van der Waals surface area contributed by atoms with E-state index in [0.717, 1.165) is 5.56 Å². The average molecular weight is 343 g/mol. The molecule has 2 amide bonds. The van der Waals surface area contributed by atoms with Crippen LogP contribution in [0.2, 0.25) is 0 Å². The SMILES string of the molecule is CC1NC(=O)CC(C)N(Cc2ccc(F)cc2Br)C1=O. The minimum atomic E-state index is -0.535. The van der Waals surface area contributed by atoms with Crippen molar-refractivity contribution in [1.82, 2.24) is 10.2 Å². The summed E-state index contributed by atoms with van der Waals surface area (Å²) in [5.41, 5.74) is 0.813. The Bertz CT molecular complexity index is 550. The van der Waals surface area contributed by atoms with Gasteiger partial charge in [-0.3, -0.25) is 9.59 Å². The van der Waals surface area contributed by atoms with E-state index in [2.05, 4.69) is 21.2 Å². The van der Waals surface area contributed by atoms with Gasteiger partial charge < -0.3 is 10.2 Å². The smallest absolute Gasteiger partial charge is 0.245 e. The third-order valence-electron chi connectivity index (χ3n) is 3.40. The van der Waals surface area contributed by atoms with Crippen LogP contribution in [0.5, 0.6) is 0 Å². The van der Waals surface area contributed by atoms with Crippen LogP contribution in [0.15, 0.2) is 22.7 Å². The van der Waals surface area contributed by atoms with E-state index in [1.54, 1.807) is 17.9 Å². The van der Waals surface area contributed by atoms with Gasteiger partial charge in [0.1, 0.15) is 11.9 Å². The van der Waals surface area contributed by atoms with Crippen LogP contribution < -0.4 is 5.32 Å². The van der Waals surface area contributed by atoms with Gasteiger partial charge in [0.2, 0.25) is 11.8 Å². The number of carbonyl (C=O) groups excluding carboxylic acids is 2. The van der Waals surface area contributed by atoms with Crippen molar-refractivity contribution in [2.75, 3.05) is 0 Å². The monoisotopic (exact) mass is 342 g/mol. The van der Waals surface area contributed by atoms with Crippen LogP contribution >= 0.6 is 15.9 Å². The van der Waals surface area contributed by atoms with Gasteiger partial charge in [-0.2, -0.15) is 0 Å². The summed E-state index contributed by atoms with van der Waals surface area (Å²) in [6, 6.07) is 3.65. The highest BCUT2D eigenvalue weighted by Gasteiger charge is 2.31. The Kier molecular flexibility index (Phi) is 4.42. The molecule has 1 aliphatic rings. The molecular weight excluding hydrogens is 327 g/mol. The fourth-order valence-electron chi connectivity index (χ4n) is 2.27. The minimum absolute atomic E-state index is 0.125. The molecule has 2 atom stereocenters. The van der Waals surface area contributed by atoms with E-state index in [1.165, 1.54) is 12.1 Å². The molecule has 0 radical (unpaired) electrons. The topological polar surface area (TPSA) is 49.4 Å². The third-order valence-corrected chi connectivity index (χ3v) is 4.14. The zero-order valence-electron chi connectivity index (χ0n) is 11.3. The normalized spacial score (nSPS) is 23.5. The predicted molar refractivity (Wildman–Crippen MR) is 76.3 cm³/mol. The van der Waals surface area contributed by atoms with Crippen LogP contribution in [0.1, 0.15) is 25.8 Å². The number of hydrogen-bond acceptors (Lipinski definition) is 2. The zero-order chi connectivity index (χ0) is 14.9. The first kappa shape index (κ1) is 15.0. The summed E-state index contributed by atoms with van der Waals surface area (Å²) in [7, 11) is 0. The molecule has 1 N–H and O–H groups in total. The fraction of sp³-hybridized carbons (Fsp3) is 0.429. The number of nitrogens with zero attached hydrogens (tertiary/aromatic N) is 1. The van der Waals surface area contributed by atoms with Crippen molar-refractivity contribution in [3.63, 3.8) is 0 Å². The van der Waals surface area contributed by atoms with Crippen molar-refractivity contribution in [1.29, 1.82) is 0 Å². The quantitative estimate of drug-likeness (QED) is 0.895. The van der Waals surface area contributed by atoms with E-state index in [0.29, 0.717) is 11.0 Å². The molecule has 0 aliphatic carbocycles. The van der Waals surface area contributed by atoms with Gasteiger partial charge in [0, 0.05) is 23.5 Å². The highest BCUT2D eigenvalue weighted by Crippen LogP contribution is 2.22. The van der Waals surface area contributed by atoms with Gasteiger partial charge in [-0.25, -0.2) is 4.39 Å². The Morgan fingerprint density at radius 2 is 2.10 bits per heavy atom. The number of rotatable bonds is 2. The molecule has 108 valence electrons. The second-order valence-electron chi connectivity index (χ2n) is 5.04. The molecule has 6 heteroatoms. The van der Waals surface area contributed by atoms with Crippen LogP contribution in [0.3, 0.4) is 0 Å². The van der Waals surface area contributed by atoms with Gasteiger partial charge in [0.25, 0.3) is 0 Å². The van der Waals surface area contributed by atoms with E-state index in [9.17, 15) is 14.0 Å². The second kappa shape index (κ2) is 5.91. The standard InChI is InChI=1S/C14H16BrFN2O2/c1-8-5-13(19)17-9(2)14(20)18(8)7-10-3-4-11(16)6-12(10)15/h3-4,6,8-9H,5,7H2,1-2H3,(H,17,19). The van der Waals surface area contributed by atoms with Crippen LogP contribution in [0.25, 0.3) is 0 Å². The number of benzene rings is 1. The maximum atomic E-state index is 13.1. The Balaban J connectivity index is 2.25. The lowest BCUT2D eigenvalue weighted by Gasteiger charge is -2.28. The van der Waals surface area contributed by atoms with E-state index in [4.69, 9.17) is 0 Å². The van der Waals surface area contributed by atoms with Crippen molar-refractivity contribution < 1.29 is 14.0 Å². The first-order valence-electron chi connectivity index (χ1n) is 6.42. The van der Waals surface area contributed by atoms with Gasteiger partial charge >= 0.3 is 0 Å². The molecule has 0 bridgehead atoms. The average Bonchev–Trinajstić information content (AvgIpc) is 2.44. The number of amides is 2. The summed E-state index contributed by atoms with van der Waals surface area (Å²) in [5, 5.41) is 2.66. The lowest BCUT2D eigenvalue weighted by molar-refractivity contribution is -0.135. The van der Waals surface area contributed by atoms with Crippen molar-refractivity contribution >= 4 is 27.7 Å². The molecule has 1 fully saturated rings. The Labute approximate surface area is 125 Å². The lowest BCUT2D eigenvalue weighted by atomic mass is 10.1. The highest BCUT2D eigenvalue weighted by atomic mass is 79.9. The van der Waals surface area contributed by atoms with E-state index in [-0.39, 0.29) is 30.1 Å². The van der Waals surface area contributed by atoms with Crippen molar-refractivity contribution in [2.24, 2.45) is 0 Å². The molecule has 1 aromatic rings. The van der Waals surface area contributed by atoms with Gasteiger partial charge in [-0.15, -0.1) is 0 Å². The summed E-state index contributed by atoms with van der Waals surface area (Å²) >= 11 is 3.30. The maximum absolute atomic E-state index is 13.1. The summed E-state index contributed by atoms with van der Waals surface area (Å²) in [4.78, 5) is 25.6. The van der Waals surface area contributed by atoms with Crippen LogP contribution in [-0.4, -0.2) is 28.8 Å². The molecule has 0 spiro atoms. The molecule has 1 aromatic carbocycles. The summed E-state index contributed by atoms with van der Waals surface area (Å²) in [5.74, 6) is -0.584. The minimum Gasteiger partial charge on any atom is -0.345 e. The molecule has 0 aromatic heterocycles. The fourth-order valence-corrected chi connectivity index (χ4v) is 2.75. The molecule has 0 saturated carbocycles. The summed E-state index contributed by atoms with van der Waals surface area (Å²) in [6.45, 7) is 3.86. The van der Waals surface area contributed by atoms with E-state index in [1.807, 2.05) is 6.92 Å². The Hall–Kier alpha value is -1.43. The summed E-state index contributed by atoms with van der Waals surface area (Å²) in [6.07, 6.45) is 0.273. The molecule has 20 heavy (non-hydrogen) atoms. The van der Waals surface area contributed by atoms with E-state index >= 15 is 0 Å². The highest BCUT2D eigenvalue weighted by molar-refractivity contribution is 9.10. The lowest BCUT2D eigenvalue weighted by Crippen LogP contribution is -2.44. The molecule has 1 heterocycles. The third kappa shape index (κ3) is 3.17. The van der Waals surface area contributed by atoms with Crippen LogP contribution in [-0.2, 0) is 16.1 Å². The number of halogens is 2. The van der Waals surface area contributed by atoms with Gasteiger partial charge in [-0.1, -0.05) is 22.0 Å². The van der Waals surface area contributed by atoms with Gasteiger partial charge in [-0.05, 0) is 31.5 Å². The zero-order valence-corrected chi connectivity index (χ0v) is 12.9. The molecule has 4 nitrogen and oxygen atoms in total. The van der Waals surface area contributed by atoms with Crippen molar-refractivity contribution in [3.05, 3.63) is 34.1 Å². The molecule has 2 unspecified atom stereocenters. The van der Waals surface area contributed by atoms with Crippen molar-refractivity contribution in [2.45, 2.75) is 38.9 Å². The predicted octanol–water partition coefficient (Wildman–Crippen LogP) is 2.21. The van der Waals surface area contributed by atoms with Crippen LogP contribution in [0.4, 0.5) is 4.39 Å². The number of nitrogens with one attached hydrogen (secondary N) is 1. The molecule has 1 aliphatic heterocycles. The Morgan fingerprint density at radius 1 is 1.40 bits per heavy atom. The first-order chi connectivity index (χ1) is 9.38. The van der Waals surface area contributed by atoms with Gasteiger partial charge in [0.05, 0.1) is 0 Å². The second-order valence-corrected chi connectivity index (χ2v) is 5.90. The largest absolute Gasteiger partial charge is 0.345 e. The number of carbonyl (C=O) groups is 2. The van der Waals surface area contributed by atoms with Crippen molar-refractivity contribution in [3.8, 4) is 0 Å². The molecule has 1 saturated heterocycles. The first-order valence-corrected chi connectivity index (χ1v) is 7.21. The maximum Gasteiger partial charge on any atom is 0.245 e. The summed E-state index contributed by atoms with van der Waals surface area (Å²) < 4.78 is 13.7. The molecule has 2 rings (SSSR count). The number of hydrogen-bond donors (Lipinski definition) is 1. The van der Waals surface area contributed by atoms with Crippen LogP contribution in [0, 0.1) is 5.82 Å². The van der Waals surface area contributed by atoms with E-state index < -0.39 is 6.04 Å². The van der Waals surface area contributed by atoms with Gasteiger partial charge in [0.15, 0.2) is 0 Å². The Morgan fingerprint density at radius 3 is 2.75 bits per heavy atom. The molecular formula is C14H16BrFN2O2.